The van der Waals surface area contributed by atoms with Gasteiger partial charge in [0, 0.05) is 49.1 Å². The second-order valence-electron chi connectivity index (χ2n) is 5.02. The van der Waals surface area contributed by atoms with Crippen molar-refractivity contribution in [1.82, 2.24) is 9.97 Å². The molecular weight excluding hydrogens is 490 g/mol. The van der Waals surface area contributed by atoms with Crippen LogP contribution < -0.4 is 5.73 Å². The Hall–Kier alpha value is -1.35. The van der Waals surface area contributed by atoms with Gasteiger partial charge in [-0.15, -0.1) is 24.0 Å². The number of H-pyrrole nitrogens is 2. The number of benzene rings is 2. The molecule has 0 bridgehead atoms. The molecular formula is C17H15Cl2IN4S. The van der Waals surface area contributed by atoms with Crippen molar-refractivity contribution in [2.75, 3.05) is 0 Å². The zero-order chi connectivity index (χ0) is 17.1. The van der Waals surface area contributed by atoms with Crippen molar-refractivity contribution in [2.45, 2.75) is 4.90 Å². The number of nitrogens with one attached hydrogen (secondary N) is 3. The number of hydrogen-bond donors (Lipinski definition) is 4. The highest BCUT2D eigenvalue weighted by molar-refractivity contribution is 14.0. The molecule has 0 saturated heterocycles. The smallest absolute Gasteiger partial charge is 0.156 e. The lowest BCUT2D eigenvalue weighted by Gasteiger charge is -1.96. The van der Waals surface area contributed by atoms with E-state index in [0.717, 1.165) is 31.7 Å². The highest BCUT2D eigenvalue weighted by Crippen LogP contribution is 2.29. The molecule has 2 heterocycles. The molecule has 130 valence electrons. The predicted molar refractivity (Wildman–Crippen MR) is 120 cm³/mol. The Morgan fingerprint density at radius 2 is 1.64 bits per heavy atom. The molecule has 0 amide bonds. The van der Waals surface area contributed by atoms with Crippen LogP contribution in [0.3, 0.4) is 0 Å². The molecule has 2 aromatic heterocycles. The first-order valence-electron chi connectivity index (χ1n) is 7.04. The average molecular weight is 505 g/mol. The number of hydrogen-bond acceptors (Lipinski definition) is 2. The highest BCUT2D eigenvalue weighted by atomic mass is 127. The van der Waals surface area contributed by atoms with Gasteiger partial charge in [0.2, 0.25) is 0 Å². The van der Waals surface area contributed by atoms with E-state index in [4.69, 9.17) is 34.3 Å². The summed E-state index contributed by atoms with van der Waals surface area (Å²) in [6.45, 7) is 0. The van der Waals surface area contributed by atoms with Crippen LogP contribution >= 0.6 is 58.9 Å². The molecule has 4 rings (SSSR count). The van der Waals surface area contributed by atoms with Gasteiger partial charge in [0.05, 0.1) is 0 Å². The van der Waals surface area contributed by atoms with Crippen LogP contribution in [0.2, 0.25) is 10.0 Å². The molecule has 0 aliphatic carbocycles. The minimum Gasteiger partial charge on any atom is -0.378 e. The van der Waals surface area contributed by atoms with Gasteiger partial charge in [-0.3, -0.25) is 5.41 Å². The summed E-state index contributed by atoms with van der Waals surface area (Å²) in [7, 11) is 0. The maximum Gasteiger partial charge on any atom is 0.156 e. The summed E-state index contributed by atoms with van der Waals surface area (Å²) >= 11 is 12.9. The Morgan fingerprint density at radius 1 is 0.960 bits per heavy atom. The van der Waals surface area contributed by atoms with E-state index in [-0.39, 0.29) is 29.1 Å². The minimum atomic E-state index is 0. The van der Waals surface area contributed by atoms with Crippen LogP contribution in [0.25, 0.3) is 21.8 Å². The molecule has 0 saturated carbocycles. The van der Waals surface area contributed by atoms with Gasteiger partial charge >= 0.3 is 0 Å². The van der Waals surface area contributed by atoms with Crippen LogP contribution in [-0.4, -0.2) is 15.1 Å². The van der Waals surface area contributed by atoms with Crippen molar-refractivity contribution >= 4 is 85.9 Å². The number of nitrogens with two attached hydrogens (primary N) is 1. The first kappa shape index (κ1) is 20.0. The fraction of sp³-hybridized carbons (Fsp3) is 0. The summed E-state index contributed by atoms with van der Waals surface area (Å²) in [5, 5.41) is 10.9. The summed E-state index contributed by atoms with van der Waals surface area (Å²) < 4.78 is 0. The molecule has 0 unspecified atom stereocenters. The van der Waals surface area contributed by atoms with Crippen molar-refractivity contribution in [3.05, 3.63) is 64.9 Å². The predicted octanol–water partition coefficient (Wildman–Crippen LogP) is 6.25. The Kier molecular flexibility index (Phi) is 7.06. The van der Waals surface area contributed by atoms with E-state index in [1.807, 2.05) is 54.9 Å². The van der Waals surface area contributed by atoms with Gasteiger partial charge in [-0.2, -0.15) is 0 Å². The van der Waals surface area contributed by atoms with E-state index >= 15 is 0 Å². The molecule has 0 aliphatic heterocycles. The molecule has 0 aliphatic rings. The molecule has 4 nitrogen and oxygen atoms in total. The van der Waals surface area contributed by atoms with Crippen molar-refractivity contribution < 1.29 is 0 Å². The second-order valence-corrected chi connectivity index (χ2v) is 6.98. The first-order valence-corrected chi connectivity index (χ1v) is 8.61. The van der Waals surface area contributed by atoms with Gasteiger partial charge in [0.25, 0.3) is 0 Å². The van der Waals surface area contributed by atoms with Crippen molar-refractivity contribution in [2.24, 2.45) is 5.73 Å². The van der Waals surface area contributed by atoms with Crippen molar-refractivity contribution in [3.63, 3.8) is 0 Å². The number of rotatable bonds is 1. The fourth-order valence-corrected chi connectivity index (χ4v) is 3.28. The molecule has 0 radical (unpaired) electrons. The van der Waals surface area contributed by atoms with E-state index < -0.39 is 0 Å². The van der Waals surface area contributed by atoms with Gasteiger partial charge in [0.1, 0.15) is 0 Å². The standard InChI is InChI=1S/C9H8ClN3S.C8H6ClN.HI/c10-5-1-2-7-6(3-5)8(4-13-7)14-9(11)12;9-7-1-2-8-6(5-7)3-4-10-8;/h1-4,13H,(H3,11,12);1-5,10H;1H. The van der Waals surface area contributed by atoms with Crippen LogP contribution in [0.5, 0.6) is 0 Å². The minimum absolute atomic E-state index is 0. The van der Waals surface area contributed by atoms with Gasteiger partial charge in [-0.05, 0) is 42.5 Å². The van der Waals surface area contributed by atoms with Gasteiger partial charge in [-0.25, -0.2) is 0 Å². The Labute approximate surface area is 176 Å². The second kappa shape index (κ2) is 8.84. The lowest BCUT2D eigenvalue weighted by atomic mass is 10.2. The van der Waals surface area contributed by atoms with Gasteiger partial charge in [-0.1, -0.05) is 35.0 Å². The molecule has 0 fully saturated rings. The lowest BCUT2D eigenvalue weighted by Crippen LogP contribution is -2.02. The van der Waals surface area contributed by atoms with Gasteiger partial charge in [0.15, 0.2) is 5.17 Å². The van der Waals surface area contributed by atoms with Crippen LogP contribution in [0.1, 0.15) is 0 Å². The van der Waals surface area contributed by atoms with Gasteiger partial charge < -0.3 is 15.7 Å². The Bertz CT molecular complexity index is 1010. The number of aromatic nitrogens is 2. The number of thioether (sulfide) groups is 1. The Balaban J connectivity index is 0.000000182. The molecule has 4 aromatic rings. The SMILES string of the molecule is Clc1ccc2[nH]ccc2c1.I.N=C(N)Sc1c[nH]c2ccc(Cl)cc12. The molecule has 8 heteroatoms. The maximum atomic E-state index is 7.19. The Morgan fingerprint density at radius 3 is 2.36 bits per heavy atom. The first-order chi connectivity index (χ1) is 11.5. The summed E-state index contributed by atoms with van der Waals surface area (Å²) in [6.07, 6.45) is 3.73. The normalized spacial score (nSPS) is 10.2. The highest BCUT2D eigenvalue weighted by Gasteiger charge is 2.05. The zero-order valence-electron chi connectivity index (χ0n) is 12.8. The third-order valence-electron chi connectivity index (χ3n) is 3.34. The lowest BCUT2D eigenvalue weighted by molar-refractivity contribution is 1.42. The number of halogens is 3. The molecule has 0 spiro atoms. The average Bonchev–Trinajstić information content (AvgIpc) is 3.14. The van der Waals surface area contributed by atoms with E-state index in [1.54, 1.807) is 0 Å². The van der Waals surface area contributed by atoms with Crippen molar-refractivity contribution in [3.8, 4) is 0 Å². The summed E-state index contributed by atoms with van der Waals surface area (Å²) in [5.41, 5.74) is 7.44. The summed E-state index contributed by atoms with van der Waals surface area (Å²) in [6, 6.07) is 13.4. The zero-order valence-corrected chi connectivity index (χ0v) is 17.5. The van der Waals surface area contributed by atoms with Crippen LogP contribution in [0.4, 0.5) is 0 Å². The molecule has 5 N–H and O–H groups in total. The summed E-state index contributed by atoms with van der Waals surface area (Å²) in [4.78, 5) is 7.10. The van der Waals surface area contributed by atoms with E-state index in [9.17, 15) is 0 Å². The van der Waals surface area contributed by atoms with Crippen LogP contribution in [-0.2, 0) is 0 Å². The number of fused-ring (bicyclic) bond motifs is 2. The molecule has 0 atom stereocenters. The topological polar surface area (TPSA) is 81.4 Å². The third-order valence-corrected chi connectivity index (χ3v) is 4.59. The number of amidine groups is 1. The van der Waals surface area contributed by atoms with E-state index in [1.165, 1.54) is 11.8 Å². The molecule has 2 aromatic carbocycles. The molecule has 25 heavy (non-hydrogen) atoms. The summed E-state index contributed by atoms with van der Waals surface area (Å²) in [5.74, 6) is 0. The largest absolute Gasteiger partial charge is 0.378 e. The monoisotopic (exact) mass is 504 g/mol. The van der Waals surface area contributed by atoms with E-state index in [0.29, 0.717) is 5.02 Å². The fourth-order valence-electron chi connectivity index (χ4n) is 2.29. The van der Waals surface area contributed by atoms with Crippen LogP contribution in [0.15, 0.2) is 59.8 Å². The van der Waals surface area contributed by atoms with E-state index in [2.05, 4.69) is 9.97 Å². The quantitative estimate of drug-likeness (QED) is 0.107. The maximum absolute atomic E-state index is 7.19. The third kappa shape index (κ3) is 5.07. The van der Waals surface area contributed by atoms with Crippen LogP contribution in [0, 0.1) is 5.41 Å². The van der Waals surface area contributed by atoms with Crippen molar-refractivity contribution in [1.29, 1.82) is 5.41 Å². The number of aromatic amines is 2.